The standard InChI is InChI=1S/C68H56N2O3/c1-3-17-43(18-4-1)45-33-37-47(38-34-45)69(59-29-15-27-55-51-23-11-13-31-63(51)71-67(55)59)61-41-57-58-42-62(50-22-8-10-26-54(50)66(58)73-65(57)53-25-9-7-21-49(53)61)70(48-39-35-46(36-40-48)44-19-5-2-6-20-44)60-30-16-28-56-52-24-12-14-32-64(52)72-68(56)60/h7-16,21-39,41-44,48H,1-6,17-20,40H2. The van der Waals surface area contributed by atoms with Crippen molar-refractivity contribution >= 4 is 116 Å². The molecule has 5 heteroatoms. The van der Waals surface area contributed by atoms with E-state index in [-0.39, 0.29) is 6.04 Å². The summed E-state index contributed by atoms with van der Waals surface area (Å²) in [7, 11) is 0. The molecule has 3 heterocycles. The van der Waals surface area contributed by atoms with E-state index in [9.17, 15) is 0 Å². The summed E-state index contributed by atoms with van der Waals surface area (Å²) in [5.74, 6) is 1.25. The average Bonchev–Trinajstić information content (AvgIpc) is 4.18. The Hall–Kier alpha value is -8.02. The molecule has 356 valence electrons. The van der Waals surface area contributed by atoms with Crippen molar-refractivity contribution < 1.29 is 13.3 Å². The molecule has 3 aliphatic carbocycles. The summed E-state index contributed by atoms with van der Waals surface area (Å²) in [5.41, 5.74) is 13.6. The number of benzene rings is 9. The molecule has 0 spiro atoms. The maximum absolute atomic E-state index is 7.30. The van der Waals surface area contributed by atoms with Crippen LogP contribution in [-0.4, -0.2) is 6.04 Å². The van der Waals surface area contributed by atoms with Crippen LogP contribution < -0.4 is 9.80 Å². The molecule has 0 bridgehead atoms. The topological polar surface area (TPSA) is 45.9 Å². The molecular weight excluding hydrogens is 893 g/mol. The van der Waals surface area contributed by atoms with Crippen LogP contribution in [-0.2, 0) is 0 Å². The van der Waals surface area contributed by atoms with E-state index >= 15 is 0 Å². The smallest absolute Gasteiger partial charge is 0.159 e. The van der Waals surface area contributed by atoms with Crippen molar-refractivity contribution in [2.24, 2.45) is 5.92 Å². The molecule has 0 saturated heterocycles. The number of para-hydroxylation sites is 4. The maximum atomic E-state index is 7.30. The van der Waals surface area contributed by atoms with Gasteiger partial charge in [-0.05, 0) is 104 Å². The fourth-order valence-electron chi connectivity index (χ4n) is 13.4. The summed E-state index contributed by atoms with van der Waals surface area (Å²) in [6.45, 7) is 0. The highest BCUT2D eigenvalue weighted by Crippen LogP contribution is 2.51. The van der Waals surface area contributed by atoms with Gasteiger partial charge in [-0.15, -0.1) is 0 Å². The highest BCUT2D eigenvalue weighted by atomic mass is 16.3. The molecule has 1 unspecified atom stereocenters. The van der Waals surface area contributed by atoms with Gasteiger partial charge in [0.1, 0.15) is 22.3 Å². The third-order valence-electron chi connectivity index (χ3n) is 17.0. The third kappa shape index (κ3) is 6.96. The Labute approximate surface area is 424 Å². The number of rotatable bonds is 8. The highest BCUT2D eigenvalue weighted by Gasteiger charge is 2.30. The van der Waals surface area contributed by atoms with Crippen molar-refractivity contribution in [1.82, 2.24) is 0 Å². The molecule has 12 aromatic rings. The number of hydrogen-bond acceptors (Lipinski definition) is 5. The zero-order chi connectivity index (χ0) is 48.0. The Bertz CT molecular complexity index is 4170. The van der Waals surface area contributed by atoms with Gasteiger partial charge in [0, 0.05) is 59.5 Å². The van der Waals surface area contributed by atoms with Gasteiger partial charge < -0.3 is 23.1 Å². The second-order valence-electron chi connectivity index (χ2n) is 21.1. The van der Waals surface area contributed by atoms with Crippen molar-refractivity contribution in [2.75, 3.05) is 9.80 Å². The minimum Gasteiger partial charge on any atom is -0.455 e. The van der Waals surface area contributed by atoms with Crippen LogP contribution in [0.1, 0.15) is 82.1 Å². The summed E-state index contributed by atoms with van der Waals surface area (Å²) < 4.78 is 21.1. The molecule has 2 saturated carbocycles. The van der Waals surface area contributed by atoms with Crippen molar-refractivity contribution in [3.05, 3.63) is 199 Å². The summed E-state index contributed by atoms with van der Waals surface area (Å²) in [6, 6.07) is 62.0. The van der Waals surface area contributed by atoms with Crippen molar-refractivity contribution in [1.29, 1.82) is 0 Å². The Balaban J connectivity index is 0.981. The van der Waals surface area contributed by atoms with Gasteiger partial charge in [-0.1, -0.05) is 178 Å². The largest absolute Gasteiger partial charge is 0.455 e. The van der Waals surface area contributed by atoms with E-state index in [4.69, 9.17) is 13.3 Å². The second-order valence-corrected chi connectivity index (χ2v) is 21.1. The molecule has 0 amide bonds. The van der Waals surface area contributed by atoms with Gasteiger partial charge in [0.15, 0.2) is 11.2 Å². The number of nitrogens with zero attached hydrogens (tertiary/aromatic N) is 2. The molecule has 15 rings (SSSR count). The maximum Gasteiger partial charge on any atom is 0.159 e. The van der Waals surface area contributed by atoms with Crippen molar-refractivity contribution in [3.63, 3.8) is 0 Å². The lowest BCUT2D eigenvalue weighted by Crippen LogP contribution is -2.31. The van der Waals surface area contributed by atoms with E-state index in [1.165, 1.54) is 75.3 Å². The van der Waals surface area contributed by atoms with Crippen LogP contribution >= 0.6 is 0 Å². The number of furan rings is 3. The van der Waals surface area contributed by atoms with Crippen LogP contribution in [0.4, 0.5) is 28.4 Å². The van der Waals surface area contributed by atoms with Crippen LogP contribution in [0, 0.1) is 5.92 Å². The number of hydrogen-bond donors (Lipinski definition) is 0. The normalized spacial score (nSPS) is 17.0. The van der Waals surface area contributed by atoms with Crippen LogP contribution in [0.3, 0.4) is 0 Å². The monoisotopic (exact) mass is 948 g/mol. The van der Waals surface area contributed by atoms with E-state index in [0.29, 0.717) is 11.8 Å². The first-order valence-electron chi connectivity index (χ1n) is 26.9. The predicted octanol–water partition coefficient (Wildman–Crippen LogP) is 20.2. The Kier molecular flexibility index (Phi) is 10.1. The molecular formula is C68H56N2O3. The van der Waals surface area contributed by atoms with Gasteiger partial charge in [0.25, 0.3) is 0 Å². The minimum atomic E-state index is 0.0398. The lowest BCUT2D eigenvalue weighted by Gasteiger charge is -2.35. The first kappa shape index (κ1) is 42.6. The first-order chi connectivity index (χ1) is 36.2. The molecule has 0 radical (unpaired) electrons. The Morgan fingerprint density at radius 2 is 0.863 bits per heavy atom. The van der Waals surface area contributed by atoms with Gasteiger partial charge in [-0.2, -0.15) is 0 Å². The summed E-state index contributed by atoms with van der Waals surface area (Å²) >= 11 is 0. The van der Waals surface area contributed by atoms with Gasteiger partial charge in [0.05, 0.1) is 28.8 Å². The lowest BCUT2D eigenvalue weighted by atomic mass is 9.81. The van der Waals surface area contributed by atoms with E-state index in [2.05, 4.69) is 198 Å². The molecule has 3 aromatic heterocycles. The van der Waals surface area contributed by atoms with Gasteiger partial charge >= 0.3 is 0 Å². The molecule has 0 N–H and O–H groups in total. The SMILES string of the molecule is C1=CC(N(c2cc3c4cc(N(c5ccc(C6CCCCC6)cc5)c5cccc6c5oc5ccccc56)c5ccccc5c4oc3c3ccccc23)c2cccc3c2oc2ccccc23)CC=C1C1CCCCC1. The summed E-state index contributed by atoms with van der Waals surface area (Å²) in [5, 5.41) is 11.0. The van der Waals surface area contributed by atoms with E-state index in [1.807, 2.05) is 0 Å². The Morgan fingerprint density at radius 3 is 1.47 bits per heavy atom. The molecule has 73 heavy (non-hydrogen) atoms. The fraction of sp³-hybridized carbons (Fsp3) is 0.206. The minimum absolute atomic E-state index is 0.0398. The number of allylic oxidation sites excluding steroid dienone is 2. The quantitative estimate of drug-likeness (QED) is 0.152. The first-order valence-corrected chi connectivity index (χ1v) is 26.9. The molecule has 0 aliphatic heterocycles. The number of anilines is 5. The zero-order valence-corrected chi connectivity index (χ0v) is 41.0. The lowest BCUT2D eigenvalue weighted by molar-refractivity contribution is 0.406. The van der Waals surface area contributed by atoms with Gasteiger partial charge in [-0.25, -0.2) is 0 Å². The predicted molar refractivity (Wildman–Crippen MR) is 305 cm³/mol. The number of fused-ring (bicyclic) bond motifs is 13. The van der Waals surface area contributed by atoms with Gasteiger partial charge in [0.2, 0.25) is 0 Å². The van der Waals surface area contributed by atoms with E-state index in [1.54, 1.807) is 0 Å². The third-order valence-corrected chi connectivity index (χ3v) is 17.0. The van der Waals surface area contributed by atoms with Crippen LogP contribution in [0.2, 0.25) is 0 Å². The van der Waals surface area contributed by atoms with Crippen molar-refractivity contribution in [3.8, 4) is 0 Å². The fourth-order valence-corrected chi connectivity index (χ4v) is 13.4. The van der Waals surface area contributed by atoms with E-state index in [0.717, 1.165) is 122 Å². The Morgan fingerprint density at radius 1 is 0.370 bits per heavy atom. The molecule has 5 nitrogen and oxygen atoms in total. The zero-order valence-electron chi connectivity index (χ0n) is 41.0. The van der Waals surface area contributed by atoms with Crippen molar-refractivity contribution in [2.45, 2.75) is 82.6 Å². The molecule has 9 aromatic carbocycles. The highest BCUT2D eigenvalue weighted by molar-refractivity contribution is 6.26. The van der Waals surface area contributed by atoms with Crippen LogP contribution in [0.15, 0.2) is 207 Å². The second kappa shape index (κ2) is 17.3. The summed E-state index contributed by atoms with van der Waals surface area (Å²) in [4.78, 5) is 5.01. The van der Waals surface area contributed by atoms with Crippen LogP contribution in [0.5, 0.6) is 0 Å². The molecule has 3 aliphatic rings. The molecule has 1 atom stereocenters. The average molecular weight is 949 g/mol. The van der Waals surface area contributed by atoms with Gasteiger partial charge in [-0.3, -0.25) is 0 Å². The van der Waals surface area contributed by atoms with E-state index < -0.39 is 0 Å². The molecule has 2 fully saturated rings. The van der Waals surface area contributed by atoms with Crippen LogP contribution in [0.25, 0.3) is 87.4 Å². The summed E-state index contributed by atoms with van der Waals surface area (Å²) in [6.07, 6.45) is 21.4.